The number of halogens is 2. The van der Waals surface area contributed by atoms with Crippen LogP contribution in [0.5, 0.6) is 0 Å². The maximum Gasteiger partial charge on any atom is 0.261 e. The van der Waals surface area contributed by atoms with Gasteiger partial charge in [0.25, 0.3) is 5.91 Å². The van der Waals surface area contributed by atoms with Crippen LogP contribution in [0.2, 0.25) is 5.02 Å². The van der Waals surface area contributed by atoms with Crippen LogP contribution < -0.4 is 10.7 Å². The van der Waals surface area contributed by atoms with Crippen molar-refractivity contribution in [1.29, 1.82) is 0 Å². The fourth-order valence-corrected chi connectivity index (χ4v) is 1.90. The van der Waals surface area contributed by atoms with Crippen LogP contribution in [0, 0.1) is 0 Å². The van der Waals surface area contributed by atoms with E-state index in [0.717, 1.165) is 4.47 Å². The van der Waals surface area contributed by atoms with Crippen molar-refractivity contribution in [3.05, 3.63) is 61.9 Å². The first-order chi connectivity index (χ1) is 8.58. The van der Waals surface area contributed by atoms with Crippen LogP contribution in [0.3, 0.4) is 0 Å². The van der Waals surface area contributed by atoms with E-state index in [4.69, 9.17) is 11.6 Å². The lowest BCUT2D eigenvalue weighted by molar-refractivity contribution is 0.102. The minimum Gasteiger partial charge on any atom is -0.367 e. The van der Waals surface area contributed by atoms with Gasteiger partial charge in [0.15, 0.2) is 5.43 Å². The predicted molar refractivity (Wildman–Crippen MR) is 74.2 cm³/mol. The number of nitrogens with one attached hydrogen (secondary N) is 2. The van der Waals surface area contributed by atoms with Crippen molar-refractivity contribution in [2.75, 3.05) is 5.32 Å². The highest BCUT2D eigenvalue weighted by atomic mass is 79.9. The zero-order valence-electron chi connectivity index (χ0n) is 9.04. The maximum absolute atomic E-state index is 11.9. The number of carbonyl (C=O) groups is 1. The van der Waals surface area contributed by atoms with Crippen LogP contribution in [0.25, 0.3) is 0 Å². The van der Waals surface area contributed by atoms with E-state index in [1.54, 1.807) is 18.2 Å². The summed E-state index contributed by atoms with van der Waals surface area (Å²) in [6, 6.07) is 6.36. The SMILES string of the molecule is O=C(Nc1cc(Br)ccc1Cl)c1c[nH]ccc1=O. The summed E-state index contributed by atoms with van der Waals surface area (Å²) >= 11 is 9.23. The summed E-state index contributed by atoms with van der Waals surface area (Å²) in [5.74, 6) is -0.503. The van der Waals surface area contributed by atoms with Gasteiger partial charge in [0.05, 0.1) is 10.7 Å². The van der Waals surface area contributed by atoms with E-state index in [-0.39, 0.29) is 11.0 Å². The third-order valence-electron chi connectivity index (χ3n) is 2.25. The summed E-state index contributed by atoms with van der Waals surface area (Å²) in [5, 5.41) is 2.99. The standard InChI is InChI=1S/C12H8BrClN2O2/c13-7-1-2-9(14)10(5-7)16-12(18)8-6-15-4-3-11(8)17/h1-6H,(H,15,17)(H,16,18). The van der Waals surface area contributed by atoms with Gasteiger partial charge < -0.3 is 10.3 Å². The molecule has 6 heteroatoms. The van der Waals surface area contributed by atoms with Crippen LogP contribution in [0.1, 0.15) is 10.4 Å². The number of benzene rings is 1. The third kappa shape index (κ3) is 2.80. The van der Waals surface area contributed by atoms with Gasteiger partial charge in [0.1, 0.15) is 5.56 Å². The lowest BCUT2D eigenvalue weighted by Gasteiger charge is -2.07. The molecule has 0 fully saturated rings. The Bertz CT molecular complexity index is 655. The Balaban J connectivity index is 2.30. The summed E-state index contributed by atoms with van der Waals surface area (Å²) in [4.78, 5) is 26.1. The molecule has 0 atom stereocenters. The molecule has 1 heterocycles. The molecule has 0 aliphatic carbocycles. The van der Waals surface area contributed by atoms with Gasteiger partial charge in [-0.25, -0.2) is 0 Å². The molecule has 18 heavy (non-hydrogen) atoms. The van der Waals surface area contributed by atoms with Crippen molar-refractivity contribution in [3.63, 3.8) is 0 Å². The van der Waals surface area contributed by atoms with Gasteiger partial charge in [-0.1, -0.05) is 27.5 Å². The summed E-state index contributed by atoms with van der Waals surface area (Å²) in [7, 11) is 0. The molecular weight excluding hydrogens is 320 g/mol. The number of anilines is 1. The highest BCUT2D eigenvalue weighted by Gasteiger charge is 2.11. The van der Waals surface area contributed by atoms with Crippen molar-refractivity contribution in [2.24, 2.45) is 0 Å². The Labute approximate surface area is 116 Å². The van der Waals surface area contributed by atoms with Gasteiger partial charge in [0.2, 0.25) is 0 Å². The summed E-state index contributed by atoms with van der Waals surface area (Å²) in [6.07, 6.45) is 2.81. The minimum atomic E-state index is -0.503. The molecule has 92 valence electrons. The van der Waals surface area contributed by atoms with Crippen molar-refractivity contribution < 1.29 is 4.79 Å². The number of carbonyl (C=O) groups excluding carboxylic acids is 1. The van der Waals surface area contributed by atoms with E-state index >= 15 is 0 Å². The van der Waals surface area contributed by atoms with Gasteiger partial charge >= 0.3 is 0 Å². The topological polar surface area (TPSA) is 62.0 Å². The van der Waals surface area contributed by atoms with Crippen LogP contribution in [-0.2, 0) is 0 Å². The number of hydrogen-bond acceptors (Lipinski definition) is 2. The largest absolute Gasteiger partial charge is 0.367 e. The smallest absolute Gasteiger partial charge is 0.261 e. The minimum absolute atomic E-state index is 0.0357. The molecule has 0 radical (unpaired) electrons. The number of aromatic nitrogens is 1. The average molecular weight is 328 g/mol. The summed E-state index contributed by atoms with van der Waals surface area (Å²) in [6.45, 7) is 0. The zero-order valence-corrected chi connectivity index (χ0v) is 11.4. The number of amides is 1. The molecule has 4 nitrogen and oxygen atoms in total. The second-order valence-corrected chi connectivity index (χ2v) is 4.82. The monoisotopic (exact) mass is 326 g/mol. The van der Waals surface area contributed by atoms with Crippen molar-refractivity contribution >= 4 is 39.1 Å². The van der Waals surface area contributed by atoms with E-state index < -0.39 is 5.91 Å². The van der Waals surface area contributed by atoms with Gasteiger partial charge in [-0.3, -0.25) is 9.59 Å². The second kappa shape index (κ2) is 5.37. The molecule has 1 amide bonds. The molecule has 0 aliphatic rings. The highest BCUT2D eigenvalue weighted by molar-refractivity contribution is 9.10. The van der Waals surface area contributed by atoms with Crippen LogP contribution >= 0.6 is 27.5 Å². The quantitative estimate of drug-likeness (QED) is 0.890. The normalized spacial score (nSPS) is 10.1. The van der Waals surface area contributed by atoms with Crippen LogP contribution in [-0.4, -0.2) is 10.9 Å². The van der Waals surface area contributed by atoms with Crippen LogP contribution in [0.15, 0.2) is 45.9 Å². The van der Waals surface area contributed by atoms with E-state index in [9.17, 15) is 9.59 Å². The fourth-order valence-electron chi connectivity index (χ4n) is 1.38. The molecule has 0 spiro atoms. The Hall–Kier alpha value is -1.59. The first-order valence-corrected chi connectivity index (χ1v) is 6.18. The molecule has 1 aromatic carbocycles. The fraction of sp³-hybridized carbons (Fsp3) is 0. The van der Waals surface area contributed by atoms with Crippen molar-refractivity contribution in [2.45, 2.75) is 0 Å². The Morgan fingerprint density at radius 1 is 1.33 bits per heavy atom. The lowest BCUT2D eigenvalue weighted by Crippen LogP contribution is -2.21. The number of hydrogen-bond donors (Lipinski definition) is 2. The van der Waals surface area contributed by atoms with E-state index in [1.165, 1.54) is 18.5 Å². The number of pyridine rings is 1. The molecule has 2 rings (SSSR count). The van der Waals surface area contributed by atoms with E-state index in [0.29, 0.717) is 10.7 Å². The molecule has 0 saturated carbocycles. The van der Waals surface area contributed by atoms with Gasteiger partial charge in [-0.15, -0.1) is 0 Å². The average Bonchev–Trinajstić information content (AvgIpc) is 2.34. The van der Waals surface area contributed by atoms with Gasteiger partial charge in [0, 0.05) is 22.9 Å². The van der Waals surface area contributed by atoms with E-state index in [1.807, 2.05) is 0 Å². The second-order valence-electron chi connectivity index (χ2n) is 3.50. The Morgan fingerprint density at radius 3 is 2.83 bits per heavy atom. The highest BCUT2D eigenvalue weighted by Crippen LogP contribution is 2.25. The molecule has 2 aromatic rings. The third-order valence-corrected chi connectivity index (χ3v) is 3.07. The van der Waals surface area contributed by atoms with Crippen molar-refractivity contribution in [1.82, 2.24) is 4.98 Å². The first-order valence-electron chi connectivity index (χ1n) is 5.01. The summed E-state index contributed by atoms with van der Waals surface area (Å²) in [5.41, 5.74) is 0.130. The molecule has 0 unspecified atom stereocenters. The number of H-pyrrole nitrogens is 1. The van der Waals surface area contributed by atoms with Gasteiger partial charge in [-0.2, -0.15) is 0 Å². The first kappa shape index (κ1) is 12.9. The molecule has 0 bridgehead atoms. The number of aromatic amines is 1. The molecule has 0 aliphatic heterocycles. The predicted octanol–water partition coefficient (Wildman–Crippen LogP) is 3.04. The molecular formula is C12H8BrClN2O2. The zero-order chi connectivity index (χ0) is 13.1. The van der Waals surface area contributed by atoms with Gasteiger partial charge in [-0.05, 0) is 18.2 Å². The maximum atomic E-state index is 11.9. The summed E-state index contributed by atoms with van der Waals surface area (Å²) < 4.78 is 0.782. The van der Waals surface area contributed by atoms with E-state index in [2.05, 4.69) is 26.2 Å². The lowest BCUT2D eigenvalue weighted by atomic mass is 10.2. The Morgan fingerprint density at radius 2 is 2.11 bits per heavy atom. The molecule has 1 aromatic heterocycles. The van der Waals surface area contributed by atoms with Crippen molar-refractivity contribution in [3.8, 4) is 0 Å². The van der Waals surface area contributed by atoms with Crippen LogP contribution in [0.4, 0.5) is 5.69 Å². The molecule has 0 saturated heterocycles. The molecule has 2 N–H and O–H groups in total. The Kier molecular flexibility index (Phi) is 3.84. The number of rotatable bonds is 2.